The lowest BCUT2D eigenvalue weighted by Gasteiger charge is -2.28. The highest BCUT2D eigenvalue weighted by molar-refractivity contribution is 6.00. The molecule has 2 amide bonds. The molecular weight excluding hydrogens is 364 g/mol. The van der Waals surface area contributed by atoms with Gasteiger partial charge in [-0.1, -0.05) is 42.5 Å². The number of pyridine rings is 1. The number of carbonyl (C=O) groups is 1. The number of hydrogen-bond acceptors (Lipinski definition) is 3. The van der Waals surface area contributed by atoms with Crippen molar-refractivity contribution in [2.75, 3.05) is 25.0 Å². The summed E-state index contributed by atoms with van der Waals surface area (Å²) in [4.78, 5) is 27.0. The number of urea groups is 1. The van der Waals surface area contributed by atoms with Crippen molar-refractivity contribution in [3.8, 4) is 0 Å². The molecule has 6 heteroatoms. The van der Waals surface area contributed by atoms with Crippen molar-refractivity contribution in [1.82, 2.24) is 14.8 Å². The molecule has 150 valence electrons. The van der Waals surface area contributed by atoms with Crippen LogP contribution in [0.3, 0.4) is 0 Å². The van der Waals surface area contributed by atoms with E-state index in [1.165, 1.54) is 15.7 Å². The Hall–Kier alpha value is -3.12. The zero-order valence-electron chi connectivity index (χ0n) is 16.6. The molecule has 0 saturated heterocycles. The minimum atomic E-state index is -0.252. The maximum atomic E-state index is 12.3. The number of nitrogens with zero attached hydrogens (tertiary/aromatic N) is 2. The first-order chi connectivity index (χ1) is 14.1. The summed E-state index contributed by atoms with van der Waals surface area (Å²) < 4.78 is 1.49. The molecule has 2 N–H and O–H groups in total. The first-order valence-electron chi connectivity index (χ1n) is 10.0. The van der Waals surface area contributed by atoms with Gasteiger partial charge in [-0.25, -0.2) is 4.79 Å². The highest BCUT2D eigenvalue weighted by Crippen LogP contribution is 2.20. The summed E-state index contributed by atoms with van der Waals surface area (Å²) in [6.45, 7) is 3.60. The Kier molecular flexibility index (Phi) is 5.62. The Labute approximate surface area is 170 Å². The van der Waals surface area contributed by atoms with Gasteiger partial charge in [-0.05, 0) is 30.0 Å². The molecule has 2 aromatic carbocycles. The molecule has 2 heterocycles. The van der Waals surface area contributed by atoms with Crippen LogP contribution in [-0.2, 0) is 20.0 Å². The van der Waals surface area contributed by atoms with E-state index in [1.54, 1.807) is 19.3 Å². The SMILES string of the molecule is Cn1cc(NC(=O)NCCCN2CCc3ccccc3C2)c2ccccc2c1=O. The van der Waals surface area contributed by atoms with Crippen LogP contribution in [0.15, 0.2) is 59.5 Å². The normalized spacial score (nSPS) is 13.8. The molecule has 0 bridgehead atoms. The number of aryl methyl sites for hydroxylation is 1. The summed E-state index contributed by atoms with van der Waals surface area (Å²) in [5.41, 5.74) is 3.42. The van der Waals surface area contributed by atoms with Crippen LogP contribution in [0.4, 0.5) is 10.5 Å². The number of nitrogens with one attached hydrogen (secondary N) is 2. The van der Waals surface area contributed by atoms with Gasteiger partial charge in [0.1, 0.15) is 0 Å². The van der Waals surface area contributed by atoms with Crippen LogP contribution in [0, 0.1) is 0 Å². The predicted octanol–water partition coefficient (Wildman–Crippen LogP) is 3.11. The van der Waals surface area contributed by atoms with Gasteiger partial charge in [-0.15, -0.1) is 0 Å². The number of aromatic nitrogens is 1. The first-order valence-corrected chi connectivity index (χ1v) is 10.0. The van der Waals surface area contributed by atoms with Crippen molar-refractivity contribution in [2.24, 2.45) is 7.05 Å². The minimum absolute atomic E-state index is 0.0744. The maximum Gasteiger partial charge on any atom is 0.319 e. The summed E-state index contributed by atoms with van der Waals surface area (Å²) in [6.07, 6.45) is 3.64. The van der Waals surface area contributed by atoms with Crippen molar-refractivity contribution in [1.29, 1.82) is 0 Å². The fraction of sp³-hybridized carbons (Fsp3) is 0.304. The number of rotatable bonds is 5. The van der Waals surface area contributed by atoms with E-state index in [-0.39, 0.29) is 11.6 Å². The van der Waals surface area contributed by atoms with Crippen molar-refractivity contribution in [3.05, 3.63) is 76.2 Å². The molecule has 1 aliphatic rings. The van der Waals surface area contributed by atoms with Gasteiger partial charge in [0.15, 0.2) is 0 Å². The quantitative estimate of drug-likeness (QED) is 0.658. The van der Waals surface area contributed by atoms with E-state index in [0.29, 0.717) is 17.6 Å². The largest absolute Gasteiger partial charge is 0.338 e. The highest BCUT2D eigenvalue weighted by atomic mass is 16.2. The van der Waals surface area contributed by atoms with Crippen LogP contribution in [0.25, 0.3) is 10.8 Å². The molecule has 29 heavy (non-hydrogen) atoms. The third kappa shape index (κ3) is 4.32. The molecule has 0 unspecified atom stereocenters. The van der Waals surface area contributed by atoms with Crippen LogP contribution < -0.4 is 16.2 Å². The average Bonchev–Trinajstić information content (AvgIpc) is 2.75. The highest BCUT2D eigenvalue weighted by Gasteiger charge is 2.15. The molecule has 0 saturated carbocycles. The summed E-state index contributed by atoms with van der Waals surface area (Å²) in [6, 6.07) is 15.7. The number of benzene rings is 2. The van der Waals surface area contributed by atoms with Crippen molar-refractivity contribution in [3.63, 3.8) is 0 Å². The predicted molar refractivity (Wildman–Crippen MR) is 116 cm³/mol. The second-order valence-electron chi connectivity index (χ2n) is 7.53. The summed E-state index contributed by atoms with van der Waals surface area (Å²) >= 11 is 0. The summed E-state index contributed by atoms with van der Waals surface area (Å²) in [5.74, 6) is 0. The van der Waals surface area contributed by atoms with E-state index in [0.717, 1.165) is 37.9 Å². The van der Waals surface area contributed by atoms with E-state index in [9.17, 15) is 9.59 Å². The van der Waals surface area contributed by atoms with Crippen LogP contribution >= 0.6 is 0 Å². The zero-order chi connectivity index (χ0) is 20.2. The Morgan fingerprint density at radius 2 is 1.76 bits per heavy atom. The van der Waals surface area contributed by atoms with E-state index in [4.69, 9.17) is 0 Å². The smallest absolute Gasteiger partial charge is 0.319 e. The molecule has 0 fully saturated rings. The lowest BCUT2D eigenvalue weighted by atomic mass is 10.00. The van der Waals surface area contributed by atoms with Crippen molar-refractivity contribution in [2.45, 2.75) is 19.4 Å². The van der Waals surface area contributed by atoms with E-state index >= 15 is 0 Å². The second-order valence-corrected chi connectivity index (χ2v) is 7.53. The molecule has 1 aliphatic heterocycles. The molecule has 3 aromatic rings. The monoisotopic (exact) mass is 390 g/mol. The Morgan fingerprint density at radius 3 is 2.59 bits per heavy atom. The molecule has 0 radical (unpaired) electrons. The zero-order valence-corrected chi connectivity index (χ0v) is 16.6. The van der Waals surface area contributed by atoms with Crippen molar-refractivity contribution < 1.29 is 4.79 Å². The second kappa shape index (κ2) is 8.49. The molecule has 0 atom stereocenters. The van der Waals surface area contributed by atoms with E-state index in [2.05, 4.69) is 39.8 Å². The lowest BCUT2D eigenvalue weighted by molar-refractivity contribution is 0.242. The van der Waals surface area contributed by atoms with E-state index in [1.807, 2.05) is 18.2 Å². The molecular formula is C23H26N4O2. The Morgan fingerprint density at radius 1 is 1.03 bits per heavy atom. The van der Waals surface area contributed by atoms with Gasteiger partial charge < -0.3 is 15.2 Å². The maximum absolute atomic E-state index is 12.3. The molecule has 4 rings (SSSR count). The number of hydrogen-bond donors (Lipinski definition) is 2. The van der Waals surface area contributed by atoms with Gasteiger partial charge >= 0.3 is 6.03 Å². The topological polar surface area (TPSA) is 66.4 Å². The average molecular weight is 390 g/mol. The van der Waals surface area contributed by atoms with Gasteiger partial charge in [0, 0.05) is 50.2 Å². The minimum Gasteiger partial charge on any atom is -0.338 e. The number of anilines is 1. The fourth-order valence-corrected chi connectivity index (χ4v) is 3.93. The molecule has 0 aliphatic carbocycles. The van der Waals surface area contributed by atoms with Crippen LogP contribution in [0.5, 0.6) is 0 Å². The molecule has 6 nitrogen and oxygen atoms in total. The number of carbonyl (C=O) groups excluding carboxylic acids is 1. The van der Waals surface area contributed by atoms with E-state index < -0.39 is 0 Å². The first kappa shape index (κ1) is 19.2. The van der Waals surface area contributed by atoms with Crippen LogP contribution in [-0.4, -0.2) is 35.1 Å². The van der Waals surface area contributed by atoms with Crippen LogP contribution in [0.1, 0.15) is 17.5 Å². The van der Waals surface area contributed by atoms with Gasteiger partial charge in [-0.2, -0.15) is 0 Å². The molecule has 1 aromatic heterocycles. The lowest BCUT2D eigenvalue weighted by Crippen LogP contribution is -2.35. The Balaban J connectivity index is 1.29. The van der Waals surface area contributed by atoms with Gasteiger partial charge in [0.2, 0.25) is 0 Å². The van der Waals surface area contributed by atoms with Crippen LogP contribution in [0.2, 0.25) is 0 Å². The Bertz CT molecular complexity index is 1090. The van der Waals surface area contributed by atoms with Gasteiger partial charge in [0.05, 0.1) is 5.69 Å². The van der Waals surface area contributed by atoms with Crippen molar-refractivity contribution >= 4 is 22.5 Å². The summed E-state index contributed by atoms with van der Waals surface area (Å²) in [7, 11) is 1.69. The standard InChI is InChI=1S/C23H26N4O2/c1-26-16-21(19-9-4-5-10-20(19)22(26)28)25-23(29)24-12-6-13-27-14-11-17-7-2-3-8-18(17)15-27/h2-5,7-10,16H,6,11-15H2,1H3,(H2,24,25,29). The van der Waals surface area contributed by atoms with Gasteiger partial charge in [-0.3, -0.25) is 9.69 Å². The number of amides is 2. The molecule has 0 spiro atoms. The number of fused-ring (bicyclic) bond motifs is 2. The van der Waals surface area contributed by atoms with Gasteiger partial charge in [0.25, 0.3) is 5.56 Å². The third-order valence-corrected chi connectivity index (χ3v) is 5.49. The fourth-order valence-electron chi connectivity index (χ4n) is 3.93. The third-order valence-electron chi connectivity index (χ3n) is 5.49. The summed E-state index contributed by atoms with van der Waals surface area (Å²) in [5, 5.41) is 7.15.